The number of fused-ring (bicyclic) bond motifs is 5. The zero-order valence-electron chi connectivity index (χ0n) is 21.9. The molecule has 214 valence electrons. The van der Waals surface area contributed by atoms with Gasteiger partial charge in [-0.25, -0.2) is 9.36 Å². The minimum atomic E-state index is -6.07. The van der Waals surface area contributed by atoms with Crippen molar-refractivity contribution in [3.05, 3.63) is 65.7 Å². The smallest absolute Gasteiger partial charge is 0.452 e. The molecule has 0 saturated heterocycles. The van der Waals surface area contributed by atoms with Gasteiger partial charge in [-0.05, 0) is 39.0 Å². The minimum Gasteiger partial charge on any atom is -0.452 e. The summed E-state index contributed by atoms with van der Waals surface area (Å²) < 4.78 is 79.3. The number of benzene rings is 3. The lowest BCUT2D eigenvalue weighted by atomic mass is 10.0. The van der Waals surface area contributed by atoms with Crippen molar-refractivity contribution in [2.24, 2.45) is 0 Å². The molecule has 5 rings (SSSR count). The van der Waals surface area contributed by atoms with Crippen LogP contribution in [0.25, 0.3) is 21.8 Å². The molecular formula is C27H21F3N2O8S. The second-order valence-corrected chi connectivity index (χ2v) is 11.6. The summed E-state index contributed by atoms with van der Waals surface area (Å²) in [6.07, 6.45) is -0.806. The Morgan fingerprint density at radius 1 is 0.829 bits per heavy atom. The zero-order valence-corrected chi connectivity index (χ0v) is 22.7. The molecule has 1 aliphatic rings. The summed E-state index contributed by atoms with van der Waals surface area (Å²) in [7, 11) is -4.83. The SMILES string of the molecule is CN1C(=O)c2c(Oc3ccccc3OS(=O)(=O)C(F)(F)F)cc3c(c2C1=O)c1ccccc1n3C(=O)OC(C)(C)C. The highest BCUT2D eigenvalue weighted by molar-refractivity contribution is 7.88. The minimum absolute atomic E-state index is 0.104. The third-order valence-corrected chi connectivity index (χ3v) is 7.06. The summed E-state index contributed by atoms with van der Waals surface area (Å²) >= 11 is 0. The van der Waals surface area contributed by atoms with Gasteiger partial charge in [-0.15, -0.1) is 0 Å². The summed E-state index contributed by atoms with van der Waals surface area (Å²) in [4.78, 5) is 40.8. The summed E-state index contributed by atoms with van der Waals surface area (Å²) in [6, 6.07) is 12.5. The molecule has 3 aromatic carbocycles. The molecule has 4 aromatic rings. The van der Waals surface area contributed by atoms with Gasteiger partial charge in [0, 0.05) is 23.9 Å². The first kappa shape index (κ1) is 28.0. The van der Waals surface area contributed by atoms with Crippen LogP contribution >= 0.6 is 0 Å². The van der Waals surface area contributed by atoms with Gasteiger partial charge in [-0.1, -0.05) is 30.3 Å². The Labute approximate surface area is 230 Å². The van der Waals surface area contributed by atoms with Gasteiger partial charge in [0.2, 0.25) is 0 Å². The summed E-state index contributed by atoms with van der Waals surface area (Å²) in [5.41, 5.74) is -6.51. The van der Waals surface area contributed by atoms with E-state index >= 15 is 0 Å². The molecule has 0 atom stereocenters. The lowest BCUT2D eigenvalue weighted by molar-refractivity contribution is -0.0500. The number of rotatable bonds is 4. The molecule has 0 N–H and O–H groups in total. The van der Waals surface area contributed by atoms with Crippen molar-refractivity contribution in [3.8, 4) is 17.2 Å². The molecule has 10 nitrogen and oxygen atoms in total. The quantitative estimate of drug-likeness (QED) is 0.166. The van der Waals surface area contributed by atoms with Crippen molar-refractivity contribution in [1.29, 1.82) is 0 Å². The lowest BCUT2D eigenvalue weighted by Crippen LogP contribution is -2.28. The van der Waals surface area contributed by atoms with Crippen molar-refractivity contribution in [2.75, 3.05) is 7.05 Å². The molecular weight excluding hydrogens is 569 g/mol. The standard InChI is InChI=1S/C27H21F3N2O8S/c1-26(2,3)39-25(35)32-15-10-6-5-9-14(15)20-16(32)13-19(21-22(20)24(34)31(4)23(21)33)38-17-11-7-8-12-18(17)40-41(36,37)27(28,29)30/h5-13H,1-4H3. The normalized spacial score (nSPS) is 14.1. The number of para-hydroxylation sites is 3. The highest BCUT2D eigenvalue weighted by Crippen LogP contribution is 2.44. The molecule has 2 amide bonds. The fourth-order valence-corrected chi connectivity index (χ4v) is 4.90. The van der Waals surface area contributed by atoms with Crippen LogP contribution in [0.4, 0.5) is 18.0 Å². The lowest BCUT2D eigenvalue weighted by Gasteiger charge is -2.20. The largest absolute Gasteiger partial charge is 0.534 e. The maximum Gasteiger partial charge on any atom is 0.534 e. The average molecular weight is 591 g/mol. The molecule has 0 saturated carbocycles. The van der Waals surface area contributed by atoms with Gasteiger partial charge in [0.05, 0.1) is 22.2 Å². The molecule has 0 fully saturated rings. The van der Waals surface area contributed by atoms with Crippen LogP contribution in [-0.2, 0) is 14.9 Å². The van der Waals surface area contributed by atoms with Crippen LogP contribution in [0.2, 0.25) is 0 Å². The van der Waals surface area contributed by atoms with E-state index < -0.39 is 50.6 Å². The summed E-state index contributed by atoms with van der Waals surface area (Å²) in [6.45, 7) is 4.98. The molecule has 0 unspecified atom stereocenters. The van der Waals surface area contributed by atoms with Gasteiger partial charge in [-0.2, -0.15) is 21.6 Å². The highest BCUT2D eigenvalue weighted by atomic mass is 32.2. The Morgan fingerprint density at radius 2 is 1.41 bits per heavy atom. The number of nitrogens with zero attached hydrogens (tertiary/aromatic N) is 2. The van der Waals surface area contributed by atoms with E-state index in [1.165, 1.54) is 29.8 Å². The predicted octanol–water partition coefficient (Wildman–Crippen LogP) is 5.82. The van der Waals surface area contributed by atoms with Crippen LogP contribution in [0.5, 0.6) is 17.2 Å². The van der Waals surface area contributed by atoms with E-state index in [2.05, 4.69) is 4.18 Å². The number of imide groups is 1. The number of hydrogen-bond acceptors (Lipinski definition) is 8. The summed E-state index contributed by atoms with van der Waals surface area (Å²) in [5.74, 6) is -3.15. The van der Waals surface area contributed by atoms with E-state index in [4.69, 9.17) is 9.47 Å². The number of aromatic nitrogens is 1. The molecule has 41 heavy (non-hydrogen) atoms. The number of alkyl halides is 3. The topological polar surface area (TPSA) is 121 Å². The molecule has 1 aromatic heterocycles. The van der Waals surface area contributed by atoms with Crippen molar-refractivity contribution in [3.63, 3.8) is 0 Å². The molecule has 0 radical (unpaired) electrons. The van der Waals surface area contributed by atoms with Crippen LogP contribution in [0.3, 0.4) is 0 Å². The second-order valence-electron chi connectivity index (χ2n) is 10.1. The Kier molecular flexibility index (Phi) is 6.29. The fourth-order valence-electron chi connectivity index (χ4n) is 4.43. The number of halogens is 3. The van der Waals surface area contributed by atoms with Crippen molar-refractivity contribution in [2.45, 2.75) is 31.9 Å². The maximum absolute atomic E-state index is 13.4. The van der Waals surface area contributed by atoms with E-state index in [-0.39, 0.29) is 27.8 Å². The Bertz CT molecular complexity index is 1890. The van der Waals surface area contributed by atoms with Gasteiger partial charge < -0.3 is 13.7 Å². The monoisotopic (exact) mass is 590 g/mol. The maximum atomic E-state index is 13.4. The number of carbonyl (C=O) groups is 3. The molecule has 0 spiro atoms. The first-order valence-corrected chi connectivity index (χ1v) is 13.4. The fraction of sp³-hybridized carbons (Fsp3) is 0.222. The molecule has 14 heteroatoms. The van der Waals surface area contributed by atoms with Crippen LogP contribution in [0.15, 0.2) is 54.6 Å². The van der Waals surface area contributed by atoms with Crippen LogP contribution in [-0.4, -0.2) is 53.9 Å². The van der Waals surface area contributed by atoms with Gasteiger partial charge >= 0.3 is 21.7 Å². The average Bonchev–Trinajstić information content (AvgIpc) is 3.30. The van der Waals surface area contributed by atoms with E-state index in [0.717, 1.165) is 17.0 Å². The Morgan fingerprint density at radius 3 is 2.05 bits per heavy atom. The zero-order chi connectivity index (χ0) is 30.1. The first-order chi connectivity index (χ1) is 19.0. The van der Waals surface area contributed by atoms with Crippen molar-refractivity contribution in [1.82, 2.24) is 9.47 Å². The van der Waals surface area contributed by atoms with Gasteiger partial charge in [0.1, 0.15) is 11.4 Å². The molecule has 1 aliphatic heterocycles. The van der Waals surface area contributed by atoms with Crippen LogP contribution in [0.1, 0.15) is 41.5 Å². The molecule has 2 heterocycles. The van der Waals surface area contributed by atoms with E-state index in [1.807, 2.05) is 0 Å². The second kappa shape index (κ2) is 9.23. The molecule has 0 aliphatic carbocycles. The van der Waals surface area contributed by atoms with Crippen molar-refractivity contribution >= 4 is 49.8 Å². The van der Waals surface area contributed by atoms with Gasteiger partial charge in [0.25, 0.3) is 11.8 Å². The number of hydrogen-bond donors (Lipinski definition) is 0. The number of amides is 2. The molecule has 0 bridgehead atoms. The van der Waals surface area contributed by atoms with E-state index in [1.54, 1.807) is 45.0 Å². The van der Waals surface area contributed by atoms with E-state index in [9.17, 15) is 36.0 Å². The van der Waals surface area contributed by atoms with Gasteiger partial charge in [0.15, 0.2) is 11.5 Å². The predicted molar refractivity (Wildman–Crippen MR) is 140 cm³/mol. The third kappa shape index (κ3) is 4.63. The number of ether oxygens (including phenoxy) is 2. The van der Waals surface area contributed by atoms with E-state index in [0.29, 0.717) is 10.9 Å². The summed E-state index contributed by atoms with van der Waals surface area (Å²) in [5, 5.41) is 0.702. The highest BCUT2D eigenvalue weighted by Gasteiger charge is 2.49. The van der Waals surface area contributed by atoms with Crippen LogP contribution in [0, 0.1) is 0 Å². The Balaban J connectivity index is 1.79. The van der Waals surface area contributed by atoms with Crippen molar-refractivity contribution < 1.29 is 49.6 Å². The van der Waals surface area contributed by atoms with Crippen LogP contribution < -0.4 is 8.92 Å². The Hall–Kier alpha value is -4.59. The third-order valence-electron chi connectivity index (χ3n) is 6.09. The van der Waals surface area contributed by atoms with Gasteiger partial charge in [-0.3, -0.25) is 14.5 Å². The number of carbonyl (C=O) groups excluding carboxylic acids is 3. The first-order valence-electron chi connectivity index (χ1n) is 12.0.